The number of piperidine rings is 1. The highest BCUT2D eigenvalue weighted by Gasteiger charge is 2.40. The lowest BCUT2D eigenvalue weighted by molar-refractivity contribution is -0.136. The Labute approximate surface area is 128 Å². The maximum Gasteiger partial charge on any atom is 0.255 e. The van der Waals surface area contributed by atoms with E-state index in [1.165, 1.54) is 0 Å². The number of hydrogen-bond acceptors (Lipinski definition) is 4. The third-order valence-corrected chi connectivity index (χ3v) is 4.20. The molecule has 0 saturated carbocycles. The Bertz CT molecular complexity index is 668. The van der Waals surface area contributed by atoms with Gasteiger partial charge in [-0.2, -0.15) is 0 Å². The second-order valence-corrected chi connectivity index (χ2v) is 5.56. The van der Waals surface area contributed by atoms with E-state index in [0.29, 0.717) is 30.9 Å². The van der Waals surface area contributed by atoms with Crippen LogP contribution in [-0.4, -0.2) is 35.3 Å². The van der Waals surface area contributed by atoms with Gasteiger partial charge in [-0.05, 0) is 31.9 Å². The zero-order valence-electron chi connectivity index (χ0n) is 12.6. The normalized spacial score (nSPS) is 20.9. The first-order valence-electron chi connectivity index (χ1n) is 7.43. The van der Waals surface area contributed by atoms with Crippen LogP contribution in [-0.2, 0) is 16.1 Å². The quantitative estimate of drug-likeness (QED) is 0.850. The number of imide groups is 1. The SMILES string of the molecule is CCOc1ccc2c(c1C)C(=O)N(C1CCC(=O)NC1=O)C2. The monoisotopic (exact) mass is 302 g/mol. The number of carbonyl (C=O) groups is 3. The van der Waals surface area contributed by atoms with Crippen molar-refractivity contribution in [2.75, 3.05) is 6.61 Å². The van der Waals surface area contributed by atoms with Crippen molar-refractivity contribution in [2.24, 2.45) is 0 Å². The van der Waals surface area contributed by atoms with Crippen LogP contribution in [0.1, 0.15) is 41.3 Å². The molecule has 116 valence electrons. The minimum Gasteiger partial charge on any atom is -0.494 e. The fourth-order valence-corrected chi connectivity index (χ4v) is 3.12. The highest BCUT2D eigenvalue weighted by atomic mass is 16.5. The summed E-state index contributed by atoms with van der Waals surface area (Å²) in [5.41, 5.74) is 2.32. The van der Waals surface area contributed by atoms with Crippen LogP contribution >= 0.6 is 0 Å². The largest absolute Gasteiger partial charge is 0.494 e. The average Bonchev–Trinajstić information content (AvgIpc) is 2.80. The maximum absolute atomic E-state index is 12.7. The van der Waals surface area contributed by atoms with Crippen molar-refractivity contribution < 1.29 is 19.1 Å². The van der Waals surface area contributed by atoms with Crippen molar-refractivity contribution >= 4 is 17.7 Å². The molecule has 1 fully saturated rings. The van der Waals surface area contributed by atoms with E-state index < -0.39 is 6.04 Å². The molecule has 2 aliphatic rings. The molecule has 6 nitrogen and oxygen atoms in total. The van der Waals surface area contributed by atoms with Gasteiger partial charge in [0.2, 0.25) is 11.8 Å². The third-order valence-electron chi connectivity index (χ3n) is 4.20. The molecule has 22 heavy (non-hydrogen) atoms. The van der Waals surface area contributed by atoms with Crippen LogP contribution in [0.2, 0.25) is 0 Å². The fourth-order valence-electron chi connectivity index (χ4n) is 3.12. The van der Waals surface area contributed by atoms with Gasteiger partial charge < -0.3 is 9.64 Å². The van der Waals surface area contributed by atoms with E-state index >= 15 is 0 Å². The molecule has 2 heterocycles. The summed E-state index contributed by atoms with van der Waals surface area (Å²) in [6.07, 6.45) is 0.640. The third kappa shape index (κ3) is 2.24. The van der Waals surface area contributed by atoms with Gasteiger partial charge in [0.25, 0.3) is 5.91 Å². The number of benzene rings is 1. The van der Waals surface area contributed by atoms with Crippen molar-refractivity contribution in [3.63, 3.8) is 0 Å². The van der Waals surface area contributed by atoms with Crippen LogP contribution in [0, 0.1) is 6.92 Å². The lowest BCUT2D eigenvalue weighted by atomic mass is 10.0. The van der Waals surface area contributed by atoms with Gasteiger partial charge in [0, 0.05) is 18.5 Å². The smallest absolute Gasteiger partial charge is 0.255 e. The molecule has 0 bridgehead atoms. The highest BCUT2D eigenvalue weighted by molar-refractivity contribution is 6.06. The minimum absolute atomic E-state index is 0.163. The first-order chi connectivity index (χ1) is 10.5. The van der Waals surface area contributed by atoms with Crippen LogP contribution in [0.4, 0.5) is 0 Å². The van der Waals surface area contributed by atoms with Crippen molar-refractivity contribution in [2.45, 2.75) is 39.3 Å². The van der Waals surface area contributed by atoms with E-state index in [0.717, 1.165) is 11.1 Å². The highest BCUT2D eigenvalue weighted by Crippen LogP contribution is 2.33. The van der Waals surface area contributed by atoms with Gasteiger partial charge in [0.15, 0.2) is 0 Å². The summed E-state index contributed by atoms with van der Waals surface area (Å²) in [5, 5.41) is 2.30. The maximum atomic E-state index is 12.7. The van der Waals surface area contributed by atoms with Gasteiger partial charge in [-0.25, -0.2) is 0 Å². The molecule has 1 saturated heterocycles. The molecular weight excluding hydrogens is 284 g/mol. The predicted octanol–water partition coefficient (Wildman–Crippen LogP) is 1.15. The molecule has 0 spiro atoms. The molecule has 1 unspecified atom stereocenters. The van der Waals surface area contributed by atoms with Crippen LogP contribution in [0.25, 0.3) is 0 Å². The van der Waals surface area contributed by atoms with Crippen LogP contribution in [0.5, 0.6) is 5.75 Å². The summed E-state index contributed by atoms with van der Waals surface area (Å²) in [5.74, 6) is -0.136. The number of fused-ring (bicyclic) bond motifs is 1. The second kappa shape index (κ2) is 5.44. The number of nitrogens with zero attached hydrogens (tertiary/aromatic N) is 1. The topological polar surface area (TPSA) is 75.7 Å². The fraction of sp³-hybridized carbons (Fsp3) is 0.438. The molecular formula is C16H18N2O4. The van der Waals surface area contributed by atoms with Crippen molar-refractivity contribution in [1.29, 1.82) is 0 Å². The minimum atomic E-state index is -0.576. The van der Waals surface area contributed by atoms with E-state index in [2.05, 4.69) is 5.32 Å². The Balaban J connectivity index is 1.90. The molecule has 1 N–H and O–H groups in total. The molecule has 2 aliphatic heterocycles. The molecule has 0 radical (unpaired) electrons. The van der Waals surface area contributed by atoms with E-state index in [1.54, 1.807) is 4.90 Å². The zero-order chi connectivity index (χ0) is 15.9. The van der Waals surface area contributed by atoms with Crippen LogP contribution < -0.4 is 10.1 Å². The van der Waals surface area contributed by atoms with Crippen molar-refractivity contribution in [3.05, 3.63) is 28.8 Å². The Morgan fingerprint density at radius 2 is 2.09 bits per heavy atom. The van der Waals surface area contributed by atoms with Gasteiger partial charge in [-0.3, -0.25) is 19.7 Å². The summed E-state index contributed by atoms with van der Waals surface area (Å²) in [6, 6.07) is 3.16. The number of nitrogens with one attached hydrogen (secondary N) is 1. The number of rotatable bonds is 3. The summed E-state index contributed by atoms with van der Waals surface area (Å²) < 4.78 is 5.53. The second-order valence-electron chi connectivity index (χ2n) is 5.56. The molecule has 3 amide bonds. The van der Waals surface area contributed by atoms with E-state index in [1.807, 2.05) is 26.0 Å². The Hall–Kier alpha value is -2.37. The van der Waals surface area contributed by atoms with E-state index in [9.17, 15) is 14.4 Å². The standard InChI is InChI=1S/C16H18N2O4/c1-3-22-12-6-4-10-8-18(16(21)14(10)9(12)2)11-5-7-13(19)17-15(11)20/h4,6,11H,3,5,7-8H2,1-2H3,(H,17,19,20). The average molecular weight is 302 g/mol. The van der Waals surface area contributed by atoms with Crippen molar-refractivity contribution in [1.82, 2.24) is 10.2 Å². The zero-order valence-corrected chi connectivity index (χ0v) is 12.6. The first-order valence-corrected chi connectivity index (χ1v) is 7.43. The van der Waals surface area contributed by atoms with Crippen molar-refractivity contribution in [3.8, 4) is 5.75 Å². The van der Waals surface area contributed by atoms with E-state index in [-0.39, 0.29) is 24.1 Å². The van der Waals surface area contributed by atoms with Gasteiger partial charge >= 0.3 is 0 Å². The lowest BCUT2D eigenvalue weighted by Gasteiger charge is -2.29. The molecule has 1 aromatic rings. The lowest BCUT2D eigenvalue weighted by Crippen LogP contribution is -2.52. The predicted molar refractivity (Wildman–Crippen MR) is 78.4 cm³/mol. The van der Waals surface area contributed by atoms with Crippen LogP contribution in [0.3, 0.4) is 0 Å². The Morgan fingerprint density at radius 1 is 1.32 bits per heavy atom. The summed E-state index contributed by atoms with van der Waals surface area (Å²) in [7, 11) is 0. The van der Waals surface area contributed by atoms with Crippen LogP contribution in [0.15, 0.2) is 12.1 Å². The van der Waals surface area contributed by atoms with Gasteiger partial charge in [-0.15, -0.1) is 0 Å². The summed E-state index contributed by atoms with van der Waals surface area (Å²) in [4.78, 5) is 37.5. The first kappa shape index (κ1) is 14.6. The van der Waals surface area contributed by atoms with E-state index in [4.69, 9.17) is 4.74 Å². The Morgan fingerprint density at radius 3 is 2.77 bits per heavy atom. The number of hydrogen-bond donors (Lipinski definition) is 1. The van der Waals surface area contributed by atoms with Gasteiger partial charge in [0.05, 0.1) is 12.2 Å². The molecule has 0 aromatic heterocycles. The van der Waals surface area contributed by atoms with Gasteiger partial charge in [0.1, 0.15) is 11.8 Å². The van der Waals surface area contributed by atoms with Gasteiger partial charge in [-0.1, -0.05) is 6.07 Å². The summed E-state index contributed by atoms with van der Waals surface area (Å²) >= 11 is 0. The molecule has 1 atom stereocenters. The molecule has 6 heteroatoms. The Kier molecular flexibility index (Phi) is 3.60. The molecule has 0 aliphatic carbocycles. The number of ether oxygens (including phenoxy) is 1. The summed E-state index contributed by atoms with van der Waals surface area (Å²) in [6.45, 7) is 4.68. The molecule has 3 rings (SSSR count). The number of amides is 3. The molecule has 1 aromatic carbocycles. The number of carbonyl (C=O) groups excluding carboxylic acids is 3.